The van der Waals surface area contributed by atoms with Crippen molar-refractivity contribution < 1.29 is 14.3 Å². The molecule has 0 aliphatic rings. The second kappa shape index (κ2) is 4.31. The lowest BCUT2D eigenvalue weighted by Crippen LogP contribution is -2.23. The third kappa shape index (κ3) is 2.78. The minimum absolute atomic E-state index is 0.0969. The van der Waals surface area contributed by atoms with Gasteiger partial charge in [-0.05, 0) is 27.6 Å². The third-order valence-electron chi connectivity index (χ3n) is 2.27. The number of carboxylic acid groups (broad SMARTS) is 1. The van der Waals surface area contributed by atoms with Gasteiger partial charge in [0.25, 0.3) is 0 Å². The molecule has 0 unspecified atom stereocenters. The predicted octanol–water partition coefficient (Wildman–Crippen LogP) is 3.34. The van der Waals surface area contributed by atoms with Crippen molar-refractivity contribution in [2.24, 2.45) is 0 Å². The van der Waals surface area contributed by atoms with E-state index in [-0.39, 0.29) is 12.2 Å². The van der Waals surface area contributed by atoms with Gasteiger partial charge in [0, 0.05) is 5.41 Å². The van der Waals surface area contributed by atoms with Gasteiger partial charge in [-0.1, -0.05) is 26.0 Å². The quantitative estimate of drug-likeness (QED) is 0.918. The Morgan fingerprint density at radius 3 is 2.67 bits per heavy atom. The Labute approximate surface area is 96.2 Å². The molecule has 0 bridgehead atoms. The summed E-state index contributed by atoms with van der Waals surface area (Å²) < 4.78 is 14.1. The fourth-order valence-corrected chi connectivity index (χ4v) is 1.87. The van der Waals surface area contributed by atoms with E-state index in [0.29, 0.717) is 10.0 Å². The van der Waals surface area contributed by atoms with E-state index in [1.54, 1.807) is 32.0 Å². The number of carboxylic acids is 1. The van der Waals surface area contributed by atoms with Crippen molar-refractivity contribution in [3.63, 3.8) is 0 Å². The molecule has 0 atom stereocenters. The molecule has 0 amide bonds. The minimum Gasteiger partial charge on any atom is -0.481 e. The van der Waals surface area contributed by atoms with Crippen molar-refractivity contribution in [3.05, 3.63) is 34.1 Å². The molecule has 0 heterocycles. The highest BCUT2D eigenvalue weighted by Gasteiger charge is 2.27. The maximum atomic E-state index is 13.7. The van der Waals surface area contributed by atoms with Crippen LogP contribution in [-0.4, -0.2) is 11.1 Å². The van der Waals surface area contributed by atoms with Crippen LogP contribution in [0.1, 0.15) is 25.8 Å². The lowest BCUT2D eigenvalue weighted by molar-refractivity contribution is -0.138. The monoisotopic (exact) mass is 274 g/mol. The van der Waals surface area contributed by atoms with Crippen LogP contribution >= 0.6 is 15.9 Å². The van der Waals surface area contributed by atoms with E-state index in [1.165, 1.54) is 0 Å². The van der Waals surface area contributed by atoms with E-state index in [1.807, 2.05) is 0 Å². The molecule has 15 heavy (non-hydrogen) atoms. The van der Waals surface area contributed by atoms with E-state index in [0.717, 1.165) is 0 Å². The maximum Gasteiger partial charge on any atom is 0.304 e. The zero-order chi connectivity index (χ0) is 11.6. The lowest BCUT2D eigenvalue weighted by Gasteiger charge is -2.23. The Morgan fingerprint density at radius 1 is 1.53 bits per heavy atom. The second-order valence-corrected chi connectivity index (χ2v) is 4.91. The zero-order valence-corrected chi connectivity index (χ0v) is 10.1. The summed E-state index contributed by atoms with van der Waals surface area (Å²) >= 11 is 3.08. The summed E-state index contributed by atoms with van der Waals surface area (Å²) in [5, 5.41) is 8.74. The molecule has 1 aromatic rings. The lowest BCUT2D eigenvalue weighted by atomic mass is 9.81. The normalized spacial score (nSPS) is 11.5. The van der Waals surface area contributed by atoms with Crippen LogP contribution in [0.2, 0.25) is 0 Å². The standard InChI is InChI=1S/C11H12BrFO2/c1-11(2,6-9(14)15)7-4-3-5-8(12)10(7)13/h3-5H,6H2,1-2H3,(H,14,15). The summed E-state index contributed by atoms with van der Waals surface area (Å²) in [6.45, 7) is 3.43. The van der Waals surface area contributed by atoms with Crippen molar-refractivity contribution in [2.75, 3.05) is 0 Å². The molecular weight excluding hydrogens is 263 g/mol. The van der Waals surface area contributed by atoms with Crippen molar-refractivity contribution in [2.45, 2.75) is 25.7 Å². The molecule has 0 aliphatic heterocycles. The maximum absolute atomic E-state index is 13.7. The Morgan fingerprint density at radius 2 is 2.13 bits per heavy atom. The third-order valence-corrected chi connectivity index (χ3v) is 2.89. The molecule has 0 fully saturated rings. The molecule has 0 aromatic heterocycles. The van der Waals surface area contributed by atoms with Gasteiger partial charge in [-0.3, -0.25) is 4.79 Å². The van der Waals surface area contributed by atoms with Crippen LogP contribution in [0.5, 0.6) is 0 Å². The first-order valence-electron chi connectivity index (χ1n) is 4.51. The number of aliphatic carboxylic acids is 1. The molecule has 0 saturated heterocycles. The molecule has 0 radical (unpaired) electrons. The molecule has 0 saturated carbocycles. The van der Waals surface area contributed by atoms with Crippen LogP contribution in [0.25, 0.3) is 0 Å². The van der Waals surface area contributed by atoms with Gasteiger partial charge < -0.3 is 5.11 Å². The number of hydrogen-bond donors (Lipinski definition) is 1. The minimum atomic E-state index is -0.931. The molecule has 4 heteroatoms. The first-order valence-corrected chi connectivity index (χ1v) is 5.30. The number of rotatable bonds is 3. The summed E-state index contributed by atoms with van der Waals surface area (Å²) in [6, 6.07) is 4.91. The predicted molar refractivity (Wildman–Crippen MR) is 59.4 cm³/mol. The van der Waals surface area contributed by atoms with Crippen LogP contribution in [0.3, 0.4) is 0 Å². The molecule has 82 valence electrons. The van der Waals surface area contributed by atoms with Crippen molar-refractivity contribution in [1.82, 2.24) is 0 Å². The molecule has 2 nitrogen and oxygen atoms in total. The Balaban J connectivity index is 3.14. The first-order chi connectivity index (χ1) is 6.84. The molecule has 1 aromatic carbocycles. The van der Waals surface area contributed by atoms with Gasteiger partial charge in [0.15, 0.2) is 0 Å². The van der Waals surface area contributed by atoms with Gasteiger partial charge in [0.1, 0.15) is 5.82 Å². The number of hydrogen-bond acceptors (Lipinski definition) is 1. The Bertz CT molecular complexity index is 388. The van der Waals surface area contributed by atoms with E-state index < -0.39 is 11.4 Å². The number of halogens is 2. The SMILES string of the molecule is CC(C)(CC(=O)O)c1cccc(Br)c1F. The molecule has 0 spiro atoms. The van der Waals surface area contributed by atoms with Crippen LogP contribution < -0.4 is 0 Å². The van der Waals surface area contributed by atoms with Gasteiger partial charge >= 0.3 is 5.97 Å². The van der Waals surface area contributed by atoms with E-state index in [2.05, 4.69) is 15.9 Å². The van der Waals surface area contributed by atoms with E-state index >= 15 is 0 Å². The van der Waals surface area contributed by atoms with Gasteiger partial charge in [0.05, 0.1) is 10.9 Å². The average molecular weight is 275 g/mol. The summed E-state index contributed by atoms with van der Waals surface area (Å²) in [6.07, 6.45) is -0.0969. The first kappa shape index (κ1) is 12.2. The van der Waals surface area contributed by atoms with Gasteiger partial charge in [-0.15, -0.1) is 0 Å². The summed E-state index contributed by atoms with van der Waals surface area (Å²) in [5.41, 5.74) is -0.293. The highest BCUT2D eigenvalue weighted by molar-refractivity contribution is 9.10. The highest BCUT2D eigenvalue weighted by Crippen LogP contribution is 2.32. The number of benzene rings is 1. The molecule has 0 aliphatic carbocycles. The highest BCUT2D eigenvalue weighted by atomic mass is 79.9. The fraction of sp³-hybridized carbons (Fsp3) is 0.364. The van der Waals surface area contributed by atoms with Crippen molar-refractivity contribution in [3.8, 4) is 0 Å². The largest absolute Gasteiger partial charge is 0.481 e. The second-order valence-electron chi connectivity index (χ2n) is 4.06. The zero-order valence-electron chi connectivity index (χ0n) is 8.55. The van der Waals surface area contributed by atoms with Crippen LogP contribution in [0.4, 0.5) is 4.39 Å². The van der Waals surface area contributed by atoms with Gasteiger partial charge in [0.2, 0.25) is 0 Å². The van der Waals surface area contributed by atoms with Crippen LogP contribution in [0, 0.1) is 5.82 Å². The Kier molecular flexibility index (Phi) is 3.50. The van der Waals surface area contributed by atoms with Crippen LogP contribution in [0.15, 0.2) is 22.7 Å². The number of carbonyl (C=O) groups is 1. The van der Waals surface area contributed by atoms with Crippen molar-refractivity contribution >= 4 is 21.9 Å². The average Bonchev–Trinajstić information content (AvgIpc) is 2.07. The van der Waals surface area contributed by atoms with E-state index in [4.69, 9.17) is 5.11 Å². The van der Waals surface area contributed by atoms with Crippen LogP contribution in [-0.2, 0) is 10.2 Å². The van der Waals surface area contributed by atoms with Crippen molar-refractivity contribution in [1.29, 1.82) is 0 Å². The van der Waals surface area contributed by atoms with Gasteiger partial charge in [-0.2, -0.15) is 0 Å². The van der Waals surface area contributed by atoms with E-state index in [9.17, 15) is 9.18 Å². The smallest absolute Gasteiger partial charge is 0.304 e. The fourth-order valence-electron chi connectivity index (χ4n) is 1.50. The summed E-state index contributed by atoms with van der Waals surface area (Å²) in [7, 11) is 0. The summed E-state index contributed by atoms with van der Waals surface area (Å²) in [5.74, 6) is -1.32. The Hall–Kier alpha value is -0.900. The topological polar surface area (TPSA) is 37.3 Å². The molecule has 1 rings (SSSR count). The molecule has 1 N–H and O–H groups in total. The summed E-state index contributed by atoms with van der Waals surface area (Å²) in [4.78, 5) is 10.7. The molecular formula is C11H12BrFO2. The van der Waals surface area contributed by atoms with Gasteiger partial charge in [-0.25, -0.2) is 4.39 Å².